The molecule has 3 nitrogen and oxygen atoms in total. The Morgan fingerprint density at radius 2 is 1.50 bits per heavy atom. The lowest BCUT2D eigenvalue weighted by Crippen LogP contribution is -2.61. The standard InChI is InChI=1S/C2F4O3S/c3-1(4)2(5,6)10(7,8)9-1. The highest BCUT2D eigenvalue weighted by molar-refractivity contribution is 7.89. The van der Waals surface area contributed by atoms with Gasteiger partial charge in [0.2, 0.25) is 0 Å². The molecule has 0 radical (unpaired) electrons. The van der Waals surface area contributed by atoms with Crippen LogP contribution in [0.4, 0.5) is 17.6 Å². The van der Waals surface area contributed by atoms with Crippen LogP contribution < -0.4 is 0 Å². The van der Waals surface area contributed by atoms with Crippen LogP contribution in [0.15, 0.2) is 0 Å². The molecule has 0 bridgehead atoms. The molecule has 0 aliphatic carbocycles. The molecule has 1 aliphatic heterocycles. The smallest absolute Gasteiger partial charge is 0.192 e. The second kappa shape index (κ2) is 1.45. The van der Waals surface area contributed by atoms with E-state index in [-0.39, 0.29) is 0 Å². The molecule has 0 aromatic carbocycles. The number of hydrogen-bond donors (Lipinski definition) is 0. The predicted octanol–water partition coefficient (Wildman–Crippen LogP) is 0.532. The lowest BCUT2D eigenvalue weighted by atomic mass is 10.6. The van der Waals surface area contributed by atoms with Crippen molar-refractivity contribution in [2.24, 2.45) is 0 Å². The molecule has 0 aromatic heterocycles. The molecule has 8 heteroatoms. The van der Waals surface area contributed by atoms with Crippen LogP contribution in [0.2, 0.25) is 0 Å². The Bertz CT molecular complexity index is 254. The van der Waals surface area contributed by atoms with Crippen LogP contribution >= 0.6 is 0 Å². The van der Waals surface area contributed by atoms with E-state index in [1.165, 1.54) is 0 Å². The molecule has 0 spiro atoms. The highest BCUT2D eigenvalue weighted by atomic mass is 32.2. The molecule has 0 amide bonds. The average molecular weight is 180 g/mol. The maximum absolute atomic E-state index is 11.6. The first-order valence-corrected chi connectivity index (χ1v) is 3.32. The van der Waals surface area contributed by atoms with Crippen LogP contribution in [0, 0.1) is 0 Å². The van der Waals surface area contributed by atoms with Gasteiger partial charge in [0, 0.05) is 0 Å². The van der Waals surface area contributed by atoms with Crippen LogP contribution in [0.25, 0.3) is 0 Å². The van der Waals surface area contributed by atoms with E-state index in [1.807, 2.05) is 0 Å². The van der Waals surface area contributed by atoms with E-state index in [9.17, 15) is 26.0 Å². The van der Waals surface area contributed by atoms with Gasteiger partial charge in [-0.3, -0.25) is 0 Å². The lowest BCUT2D eigenvalue weighted by molar-refractivity contribution is -0.315. The molecule has 0 unspecified atom stereocenters. The molecular weight excluding hydrogens is 180 g/mol. The van der Waals surface area contributed by atoms with Crippen molar-refractivity contribution in [1.82, 2.24) is 0 Å². The lowest BCUT2D eigenvalue weighted by Gasteiger charge is -2.32. The topological polar surface area (TPSA) is 43.4 Å². The van der Waals surface area contributed by atoms with Gasteiger partial charge in [-0.05, 0) is 0 Å². The third kappa shape index (κ3) is 0.601. The fraction of sp³-hybridized carbons (Fsp3) is 1.00. The normalized spacial score (nSPS) is 32.8. The van der Waals surface area contributed by atoms with Crippen LogP contribution in [-0.4, -0.2) is 19.8 Å². The first kappa shape index (κ1) is 7.73. The zero-order valence-corrected chi connectivity index (χ0v) is 4.96. The van der Waals surface area contributed by atoms with Crippen LogP contribution in [-0.2, 0) is 14.3 Å². The second-order valence-corrected chi connectivity index (χ2v) is 3.16. The van der Waals surface area contributed by atoms with Gasteiger partial charge in [0.25, 0.3) is 0 Å². The van der Waals surface area contributed by atoms with Crippen molar-refractivity contribution in [3.8, 4) is 0 Å². The van der Waals surface area contributed by atoms with Crippen molar-refractivity contribution in [3.05, 3.63) is 0 Å². The third-order valence-electron chi connectivity index (χ3n) is 0.867. The summed E-state index contributed by atoms with van der Waals surface area (Å²) in [6.45, 7) is 0. The Morgan fingerprint density at radius 3 is 1.50 bits per heavy atom. The molecule has 0 saturated carbocycles. The highest BCUT2D eigenvalue weighted by Gasteiger charge is 2.80. The van der Waals surface area contributed by atoms with Gasteiger partial charge in [0.15, 0.2) is 0 Å². The molecule has 1 aliphatic rings. The van der Waals surface area contributed by atoms with Gasteiger partial charge < -0.3 is 0 Å². The first-order valence-electron chi connectivity index (χ1n) is 1.91. The molecule has 1 rings (SSSR count). The summed E-state index contributed by atoms with van der Waals surface area (Å²) in [4.78, 5) is 0. The summed E-state index contributed by atoms with van der Waals surface area (Å²) in [6.07, 6.45) is -4.87. The second-order valence-electron chi connectivity index (χ2n) is 1.57. The summed E-state index contributed by atoms with van der Waals surface area (Å²) >= 11 is 0. The summed E-state index contributed by atoms with van der Waals surface area (Å²) < 4.78 is 68.2. The van der Waals surface area contributed by atoms with E-state index in [0.717, 1.165) is 0 Å². The maximum atomic E-state index is 11.6. The van der Waals surface area contributed by atoms with E-state index in [1.54, 1.807) is 0 Å². The monoisotopic (exact) mass is 180 g/mol. The Labute approximate surface area is 52.7 Å². The Balaban J connectivity index is 3.08. The number of alkyl halides is 4. The van der Waals surface area contributed by atoms with E-state index in [0.29, 0.717) is 0 Å². The number of hydrogen-bond acceptors (Lipinski definition) is 3. The van der Waals surface area contributed by atoms with E-state index < -0.39 is 21.5 Å². The Morgan fingerprint density at radius 1 is 1.10 bits per heavy atom. The number of rotatable bonds is 0. The molecule has 0 N–H and O–H groups in total. The molecule has 1 fully saturated rings. The molecule has 1 heterocycles. The van der Waals surface area contributed by atoms with Crippen LogP contribution in [0.1, 0.15) is 0 Å². The van der Waals surface area contributed by atoms with Crippen molar-refractivity contribution in [2.45, 2.75) is 11.4 Å². The minimum absolute atomic E-state index is 2.62. The summed E-state index contributed by atoms with van der Waals surface area (Å²) in [7, 11) is -5.35. The molecule has 0 aromatic rings. The van der Waals surface area contributed by atoms with Crippen molar-refractivity contribution in [3.63, 3.8) is 0 Å². The fourth-order valence-electron chi connectivity index (χ4n) is 0.350. The minimum atomic E-state index is -5.35. The van der Waals surface area contributed by atoms with Gasteiger partial charge in [0.05, 0.1) is 0 Å². The van der Waals surface area contributed by atoms with Gasteiger partial charge >= 0.3 is 21.5 Å². The van der Waals surface area contributed by atoms with Crippen molar-refractivity contribution >= 4 is 10.1 Å². The molecule has 60 valence electrons. The molecule has 0 atom stereocenters. The maximum Gasteiger partial charge on any atom is 0.461 e. The van der Waals surface area contributed by atoms with Crippen molar-refractivity contribution in [1.29, 1.82) is 0 Å². The quantitative estimate of drug-likeness (QED) is 0.403. The fourth-order valence-corrected chi connectivity index (χ4v) is 1.05. The van der Waals surface area contributed by atoms with Crippen molar-refractivity contribution in [2.75, 3.05) is 0 Å². The zero-order chi connectivity index (χ0) is 8.21. The van der Waals surface area contributed by atoms with Crippen LogP contribution in [0.3, 0.4) is 0 Å². The molecule has 1 saturated heterocycles. The Hall–Kier alpha value is -0.370. The average Bonchev–Trinajstić information content (AvgIpc) is 1.61. The van der Waals surface area contributed by atoms with Gasteiger partial charge in [-0.1, -0.05) is 0 Å². The summed E-state index contributed by atoms with van der Waals surface area (Å²) in [5.74, 6) is 0. The van der Waals surface area contributed by atoms with Crippen LogP contribution in [0.5, 0.6) is 0 Å². The van der Waals surface area contributed by atoms with E-state index >= 15 is 0 Å². The molecule has 10 heavy (non-hydrogen) atoms. The molecular formula is C2F4O3S. The first-order chi connectivity index (χ1) is 4.21. The highest BCUT2D eigenvalue weighted by Crippen LogP contribution is 2.50. The summed E-state index contributed by atoms with van der Waals surface area (Å²) in [5, 5.41) is -5.07. The van der Waals surface area contributed by atoms with Gasteiger partial charge in [-0.25, -0.2) is 0 Å². The zero-order valence-electron chi connectivity index (χ0n) is 4.14. The number of halogens is 4. The van der Waals surface area contributed by atoms with Gasteiger partial charge in [-0.2, -0.15) is 30.2 Å². The van der Waals surface area contributed by atoms with Gasteiger partial charge in [0.1, 0.15) is 0 Å². The summed E-state index contributed by atoms with van der Waals surface area (Å²) in [5.41, 5.74) is 0. The van der Waals surface area contributed by atoms with E-state index in [2.05, 4.69) is 4.18 Å². The van der Waals surface area contributed by atoms with Crippen molar-refractivity contribution < 1.29 is 30.2 Å². The van der Waals surface area contributed by atoms with E-state index in [4.69, 9.17) is 0 Å². The third-order valence-corrected chi connectivity index (χ3v) is 2.16. The SMILES string of the molecule is O=S1(=O)OC(F)(F)C1(F)F. The summed E-state index contributed by atoms with van der Waals surface area (Å²) in [6, 6.07) is 0. The minimum Gasteiger partial charge on any atom is -0.192 e. The Kier molecular flexibility index (Phi) is 1.12. The predicted molar refractivity (Wildman–Crippen MR) is 19.9 cm³/mol. The van der Waals surface area contributed by atoms with Gasteiger partial charge in [-0.15, -0.1) is 0 Å². The largest absolute Gasteiger partial charge is 0.461 e.